The van der Waals surface area contributed by atoms with Gasteiger partial charge >= 0.3 is 10.4 Å². The predicted octanol–water partition coefficient (Wildman–Crippen LogP) is 8.64. The molecule has 0 aliphatic carbocycles. The Kier molecular flexibility index (Phi) is 559. The second-order valence-corrected chi connectivity index (χ2v) is 3.92. The molecule has 0 aromatic heterocycles. The molecule has 0 spiro atoms. The summed E-state index contributed by atoms with van der Waals surface area (Å²) in [6.07, 6.45) is 1.48. The molecule has 0 bridgehead atoms. The highest BCUT2D eigenvalue weighted by atomic mass is 32.3. The normalized spacial score (nSPS) is 5.74. The zero-order valence-corrected chi connectivity index (χ0v) is 26.3. The second-order valence-electron chi connectivity index (χ2n) is 2.83. The van der Waals surface area contributed by atoms with Gasteiger partial charge in [0, 0.05) is 13.2 Å². The van der Waals surface area contributed by atoms with Gasteiger partial charge in [-0.15, -0.1) is 132 Å². The van der Waals surface area contributed by atoms with E-state index < -0.39 is 10.4 Å². The molecule has 0 saturated carbocycles. The molecule has 0 heterocycles. The van der Waals surface area contributed by atoms with Crippen molar-refractivity contribution >= 4 is 10.4 Å². The first-order chi connectivity index (χ1) is 18.4. The third-order valence-corrected chi connectivity index (χ3v) is 1.70. The lowest BCUT2D eigenvalue weighted by Gasteiger charge is -1.95. The fraction of sp³-hybridized carbons (Fsp3) is 0.333. The molecule has 0 aromatic carbocycles. The number of hydrogen-bond acceptors (Lipinski definition) is 6. The second kappa shape index (κ2) is 254. The van der Waals surface area contributed by atoms with Gasteiger partial charge in [0.25, 0.3) is 0 Å². The molecule has 0 atom stereocenters. The minimum Gasteiger partial charge on any atom is -0.394 e. The molecule has 0 unspecified atom stereocenters. The van der Waals surface area contributed by atoms with Crippen LogP contribution in [-0.4, -0.2) is 56.2 Å². The largest absolute Gasteiger partial charge is 0.397 e. The summed E-state index contributed by atoms with van der Waals surface area (Å²) in [5.74, 6) is 0. The molecule has 0 amide bonds. The molecule has 0 saturated heterocycles. The quantitative estimate of drug-likeness (QED) is 0.159. The summed E-state index contributed by atoms with van der Waals surface area (Å²) >= 11 is 0. The molecule has 0 fully saturated rings. The topological polar surface area (TPSA) is 113 Å². The lowest BCUT2D eigenvalue weighted by Crippen LogP contribution is -2.04. The Balaban J connectivity index is -0.0000000173. The zero-order chi connectivity index (χ0) is 34.9. The molecule has 0 aliphatic heterocycles. The van der Waals surface area contributed by atoms with E-state index in [0.717, 1.165) is 19.6 Å². The van der Waals surface area contributed by atoms with Crippen molar-refractivity contribution in [2.45, 2.75) is 33.6 Å². The number of rotatable bonds is 7. The van der Waals surface area contributed by atoms with Crippen LogP contribution in [0.5, 0.6) is 0 Å². The Hall–Kier alpha value is -2.85. The average Bonchev–Trinajstić information content (AvgIpc) is 3.03. The first-order valence-electron chi connectivity index (χ1n) is 10.8. The smallest absolute Gasteiger partial charge is 0.394 e. The van der Waals surface area contributed by atoms with E-state index in [1.165, 1.54) is 0 Å². The van der Waals surface area contributed by atoms with Crippen molar-refractivity contribution in [3.05, 3.63) is 132 Å². The summed E-state index contributed by atoms with van der Waals surface area (Å²) in [7, 11) is -4.20. The van der Waals surface area contributed by atoms with E-state index in [2.05, 4.69) is 136 Å². The van der Waals surface area contributed by atoms with Crippen molar-refractivity contribution in [3.63, 3.8) is 0 Å². The molecular formula is C30H66O7S. The van der Waals surface area contributed by atoms with Crippen LogP contribution in [0, 0.1) is 0 Å². The lowest BCUT2D eigenvalue weighted by molar-refractivity contribution is 0.162. The van der Waals surface area contributed by atoms with E-state index >= 15 is 0 Å². The lowest BCUT2D eigenvalue weighted by atomic mass is 10.4. The van der Waals surface area contributed by atoms with Gasteiger partial charge in [0.1, 0.15) is 0 Å². The van der Waals surface area contributed by atoms with Crippen LogP contribution >= 0.6 is 0 Å². The van der Waals surface area contributed by atoms with Crippen molar-refractivity contribution in [1.29, 1.82) is 0 Å². The van der Waals surface area contributed by atoms with Gasteiger partial charge < -0.3 is 14.9 Å². The van der Waals surface area contributed by atoms with E-state index in [-0.39, 0.29) is 19.8 Å². The fourth-order valence-electron chi connectivity index (χ4n) is 0.513. The maximum absolute atomic E-state index is 9.84. The van der Waals surface area contributed by atoms with Gasteiger partial charge in [0.15, 0.2) is 0 Å². The van der Waals surface area contributed by atoms with Crippen LogP contribution in [0.2, 0.25) is 0 Å². The zero-order valence-electron chi connectivity index (χ0n) is 25.5. The molecule has 0 rings (SSSR count). The molecule has 234 valence electrons. The monoisotopic (exact) mass is 570 g/mol. The van der Waals surface area contributed by atoms with E-state index in [1.807, 2.05) is 20.8 Å². The summed E-state index contributed by atoms with van der Waals surface area (Å²) < 4.78 is 36.5. The Labute approximate surface area is 240 Å². The van der Waals surface area contributed by atoms with E-state index in [4.69, 9.17) is 19.5 Å². The minimum absolute atomic E-state index is 0.0648. The summed E-state index contributed by atoms with van der Waals surface area (Å²) in [5.41, 5.74) is 0. The van der Waals surface area contributed by atoms with Crippen LogP contribution in [0.1, 0.15) is 33.6 Å². The molecular weight excluding hydrogens is 504 g/mol. The van der Waals surface area contributed by atoms with E-state index in [0.29, 0.717) is 6.42 Å². The number of unbranched alkanes of at least 4 members (excludes halogenated alkanes) is 1. The van der Waals surface area contributed by atoms with Crippen LogP contribution < -0.4 is 0 Å². The van der Waals surface area contributed by atoms with Crippen LogP contribution in [0.25, 0.3) is 0 Å². The highest BCUT2D eigenvalue weighted by Gasteiger charge is 2.01. The van der Waals surface area contributed by atoms with Gasteiger partial charge in [-0.3, -0.25) is 4.55 Å². The molecule has 0 aromatic rings. The summed E-state index contributed by atoms with van der Waals surface area (Å²) in [5, 5.41) is 15.2. The maximum Gasteiger partial charge on any atom is 0.397 e. The van der Waals surface area contributed by atoms with Gasteiger partial charge in [0.2, 0.25) is 0 Å². The standard InChI is InChI=1S/C4H10O4S.C4H10O.C2H6O2.10C2H4/c1-2-3-4-8-9(5,6)7;1-3-5-4-2;3-1-2-4;10*1-2/h2-4H2,1H3,(H,5,6,7);3-4H2,1-2H3;3-4H,1-2H2;10*1-2H2. The summed E-state index contributed by atoms with van der Waals surface area (Å²) in [6, 6.07) is 0. The number of aliphatic hydroxyl groups is 2. The van der Waals surface area contributed by atoms with Gasteiger partial charge in [-0.1, -0.05) is 13.3 Å². The summed E-state index contributed by atoms with van der Waals surface area (Å²) in [4.78, 5) is 0. The third-order valence-electron chi connectivity index (χ3n) is 1.24. The van der Waals surface area contributed by atoms with Gasteiger partial charge in [-0.05, 0) is 20.3 Å². The Morgan fingerprint density at radius 3 is 0.816 bits per heavy atom. The molecule has 0 radical (unpaired) electrons. The maximum atomic E-state index is 9.84. The Morgan fingerprint density at radius 2 is 0.737 bits per heavy atom. The van der Waals surface area contributed by atoms with Crippen LogP contribution in [0.4, 0.5) is 0 Å². The van der Waals surface area contributed by atoms with E-state index in [1.54, 1.807) is 0 Å². The first kappa shape index (κ1) is 83.6. The Bertz CT molecular complexity index is 315. The molecule has 38 heavy (non-hydrogen) atoms. The number of ether oxygens (including phenoxy) is 1. The van der Waals surface area contributed by atoms with E-state index in [9.17, 15) is 8.42 Å². The van der Waals surface area contributed by atoms with Crippen LogP contribution in [0.15, 0.2) is 132 Å². The van der Waals surface area contributed by atoms with Crippen molar-refractivity contribution in [2.24, 2.45) is 0 Å². The SMILES string of the molecule is C=C.C=C.C=C.C=C.C=C.C=C.C=C.C=C.C=C.C=C.CCCCOS(=O)(=O)O.CCOCC.OCCO. The molecule has 3 N–H and O–H groups in total. The van der Waals surface area contributed by atoms with Crippen molar-refractivity contribution in [2.75, 3.05) is 33.0 Å². The fourth-order valence-corrected chi connectivity index (χ4v) is 0.841. The highest BCUT2D eigenvalue weighted by Crippen LogP contribution is 1.91. The minimum atomic E-state index is -4.20. The summed E-state index contributed by atoms with van der Waals surface area (Å²) in [6.45, 7) is 67.4. The van der Waals surface area contributed by atoms with Gasteiger partial charge in [0.05, 0.1) is 19.8 Å². The van der Waals surface area contributed by atoms with Gasteiger partial charge in [-0.25, -0.2) is 4.18 Å². The Morgan fingerprint density at radius 1 is 0.526 bits per heavy atom. The van der Waals surface area contributed by atoms with Crippen LogP contribution in [0.3, 0.4) is 0 Å². The van der Waals surface area contributed by atoms with Gasteiger partial charge in [-0.2, -0.15) is 8.42 Å². The van der Waals surface area contributed by atoms with Crippen LogP contribution in [-0.2, 0) is 19.3 Å². The average molecular weight is 571 g/mol. The predicted molar refractivity (Wildman–Crippen MR) is 181 cm³/mol. The number of hydrogen-bond donors (Lipinski definition) is 3. The molecule has 7 nitrogen and oxygen atoms in total. The van der Waals surface area contributed by atoms with Crippen molar-refractivity contribution in [1.82, 2.24) is 0 Å². The van der Waals surface area contributed by atoms with Crippen molar-refractivity contribution < 1.29 is 32.1 Å². The number of aliphatic hydroxyl groups excluding tert-OH is 2. The first-order valence-corrected chi connectivity index (χ1v) is 12.2. The van der Waals surface area contributed by atoms with Crippen molar-refractivity contribution in [3.8, 4) is 0 Å². The molecule has 8 heteroatoms. The highest BCUT2D eigenvalue weighted by molar-refractivity contribution is 7.80. The molecule has 0 aliphatic rings. The third kappa shape index (κ3) is 906.